The van der Waals surface area contributed by atoms with Gasteiger partial charge in [-0.25, -0.2) is 0 Å². The van der Waals surface area contributed by atoms with Crippen molar-refractivity contribution in [2.45, 2.75) is 65.6 Å². The van der Waals surface area contributed by atoms with E-state index in [9.17, 15) is 5.11 Å². The van der Waals surface area contributed by atoms with Gasteiger partial charge in [-0.05, 0) is 50.3 Å². The van der Waals surface area contributed by atoms with Crippen LogP contribution in [-0.4, -0.2) is 30.5 Å². The Hall–Kier alpha value is -1.06. The molecule has 2 atom stereocenters. The van der Waals surface area contributed by atoms with E-state index in [1.54, 1.807) is 6.07 Å². The Labute approximate surface area is 129 Å². The maximum absolute atomic E-state index is 10.2. The molecule has 0 saturated carbocycles. The Morgan fingerprint density at radius 2 is 1.52 bits per heavy atom. The lowest BCUT2D eigenvalue weighted by Crippen LogP contribution is -2.17. The fourth-order valence-electron chi connectivity index (χ4n) is 2.40. The third kappa shape index (κ3) is 6.49. The van der Waals surface area contributed by atoms with Crippen LogP contribution in [0.25, 0.3) is 0 Å². The fourth-order valence-corrected chi connectivity index (χ4v) is 2.40. The Kier molecular flexibility index (Phi) is 8.40. The summed E-state index contributed by atoms with van der Waals surface area (Å²) in [5, 5.41) is 10.2. The van der Waals surface area contributed by atoms with E-state index in [1.165, 1.54) is 0 Å². The monoisotopic (exact) mass is 294 g/mol. The van der Waals surface area contributed by atoms with Crippen LogP contribution in [0.1, 0.15) is 51.7 Å². The summed E-state index contributed by atoms with van der Waals surface area (Å²) in [7, 11) is 0. The number of rotatable bonds is 10. The molecule has 120 valence electrons. The van der Waals surface area contributed by atoms with Gasteiger partial charge in [0.2, 0.25) is 0 Å². The lowest BCUT2D eigenvalue weighted by molar-refractivity contribution is 0.0628. The van der Waals surface area contributed by atoms with E-state index in [-0.39, 0.29) is 12.2 Å². The third-order valence-corrected chi connectivity index (χ3v) is 3.46. The van der Waals surface area contributed by atoms with Gasteiger partial charge in [-0.15, -0.1) is 0 Å². The van der Waals surface area contributed by atoms with Crippen LogP contribution in [0.4, 0.5) is 0 Å². The second kappa shape index (κ2) is 9.80. The molecule has 0 aliphatic carbocycles. The molecule has 3 heteroatoms. The van der Waals surface area contributed by atoms with Gasteiger partial charge in [0.1, 0.15) is 5.75 Å². The van der Waals surface area contributed by atoms with Gasteiger partial charge in [0.25, 0.3) is 0 Å². The van der Waals surface area contributed by atoms with E-state index in [2.05, 4.69) is 33.8 Å². The molecular formula is C18H30O3. The van der Waals surface area contributed by atoms with Crippen molar-refractivity contribution in [1.29, 1.82) is 0 Å². The Morgan fingerprint density at radius 3 is 2.10 bits per heavy atom. The normalized spacial score (nSPS) is 14.1. The van der Waals surface area contributed by atoms with Crippen molar-refractivity contribution in [3.05, 3.63) is 29.3 Å². The van der Waals surface area contributed by atoms with Crippen LogP contribution in [0.5, 0.6) is 5.75 Å². The van der Waals surface area contributed by atoms with Crippen LogP contribution in [0.15, 0.2) is 18.2 Å². The summed E-state index contributed by atoms with van der Waals surface area (Å²) in [5.74, 6) is 0.363. The molecule has 0 fully saturated rings. The molecule has 1 rings (SSSR count). The molecule has 0 heterocycles. The first-order valence-electron chi connectivity index (χ1n) is 8.11. The molecule has 0 saturated heterocycles. The lowest BCUT2D eigenvalue weighted by atomic mass is 9.97. The Balaban J connectivity index is 2.73. The maximum atomic E-state index is 10.2. The average molecular weight is 294 g/mol. The third-order valence-electron chi connectivity index (χ3n) is 3.46. The molecule has 0 amide bonds. The van der Waals surface area contributed by atoms with Crippen molar-refractivity contribution in [1.82, 2.24) is 0 Å². The van der Waals surface area contributed by atoms with Crippen molar-refractivity contribution in [2.75, 3.05) is 13.2 Å². The molecule has 2 unspecified atom stereocenters. The number of phenolic OH excluding ortho intramolecular Hbond substituents is 1. The van der Waals surface area contributed by atoms with Gasteiger partial charge in [-0.3, -0.25) is 0 Å². The minimum absolute atomic E-state index is 0.115. The first-order chi connectivity index (χ1) is 10.1. The highest BCUT2D eigenvalue weighted by molar-refractivity contribution is 5.40. The smallest absolute Gasteiger partial charge is 0.119 e. The minimum atomic E-state index is 0.115. The van der Waals surface area contributed by atoms with E-state index in [4.69, 9.17) is 9.47 Å². The number of benzene rings is 1. The second-order valence-corrected chi connectivity index (χ2v) is 5.69. The topological polar surface area (TPSA) is 38.7 Å². The van der Waals surface area contributed by atoms with Crippen LogP contribution >= 0.6 is 0 Å². The van der Waals surface area contributed by atoms with Gasteiger partial charge in [0.05, 0.1) is 12.2 Å². The number of ether oxygens (including phenoxy) is 2. The summed E-state index contributed by atoms with van der Waals surface area (Å²) in [6.45, 7) is 9.90. The van der Waals surface area contributed by atoms with Crippen molar-refractivity contribution in [2.24, 2.45) is 0 Å². The van der Waals surface area contributed by atoms with Crippen molar-refractivity contribution < 1.29 is 14.6 Å². The quantitative estimate of drug-likeness (QED) is 0.706. The predicted octanol–water partition coefficient (Wildman–Crippen LogP) is 4.11. The van der Waals surface area contributed by atoms with Gasteiger partial charge >= 0.3 is 0 Å². The van der Waals surface area contributed by atoms with Crippen molar-refractivity contribution in [3.63, 3.8) is 0 Å². The Morgan fingerprint density at radius 1 is 0.952 bits per heavy atom. The van der Waals surface area contributed by atoms with E-state index in [1.807, 2.05) is 6.07 Å². The molecule has 0 aliphatic rings. The van der Waals surface area contributed by atoms with Crippen LogP contribution in [-0.2, 0) is 22.3 Å². The molecule has 0 radical (unpaired) electrons. The molecule has 0 spiro atoms. The molecule has 21 heavy (non-hydrogen) atoms. The van der Waals surface area contributed by atoms with Gasteiger partial charge < -0.3 is 14.6 Å². The fraction of sp³-hybridized carbons (Fsp3) is 0.667. The number of hydrogen-bond acceptors (Lipinski definition) is 3. The van der Waals surface area contributed by atoms with Gasteiger partial charge in [-0.2, -0.15) is 0 Å². The zero-order valence-electron chi connectivity index (χ0n) is 13.9. The van der Waals surface area contributed by atoms with Crippen LogP contribution < -0.4 is 0 Å². The highest BCUT2D eigenvalue weighted by atomic mass is 16.5. The van der Waals surface area contributed by atoms with Crippen LogP contribution in [0, 0.1) is 0 Å². The van der Waals surface area contributed by atoms with Crippen molar-refractivity contribution in [3.8, 4) is 5.75 Å². The number of aromatic hydroxyl groups is 1. The Bertz CT molecular complexity index is 403. The summed E-state index contributed by atoms with van der Waals surface area (Å²) in [6, 6.07) is 5.73. The average Bonchev–Trinajstić information content (AvgIpc) is 2.46. The first-order valence-corrected chi connectivity index (χ1v) is 8.11. The molecule has 1 N–H and O–H groups in total. The standard InChI is InChI=1S/C18H30O3/c1-5-10-20-14(3)12-16-8-7-9-18(19)17(16)13-15(4)21-11-6-2/h7-9,14-15,19H,5-6,10-13H2,1-4H3. The summed E-state index contributed by atoms with van der Waals surface area (Å²) >= 11 is 0. The van der Waals surface area contributed by atoms with Gasteiger partial charge in [-0.1, -0.05) is 26.0 Å². The van der Waals surface area contributed by atoms with Crippen LogP contribution in [0.3, 0.4) is 0 Å². The molecule has 1 aromatic rings. The highest BCUT2D eigenvalue weighted by Gasteiger charge is 2.14. The molecule has 0 bridgehead atoms. The highest BCUT2D eigenvalue weighted by Crippen LogP contribution is 2.25. The van der Waals surface area contributed by atoms with E-state index in [0.29, 0.717) is 5.75 Å². The lowest BCUT2D eigenvalue weighted by Gasteiger charge is -2.19. The maximum Gasteiger partial charge on any atom is 0.119 e. The van der Waals surface area contributed by atoms with Gasteiger partial charge in [0, 0.05) is 19.6 Å². The number of hydrogen-bond donors (Lipinski definition) is 1. The zero-order chi connectivity index (χ0) is 15.7. The first kappa shape index (κ1) is 18.0. The largest absolute Gasteiger partial charge is 0.508 e. The summed E-state index contributed by atoms with van der Waals surface area (Å²) in [4.78, 5) is 0. The molecular weight excluding hydrogens is 264 g/mol. The summed E-state index contributed by atoms with van der Waals surface area (Å²) in [6.07, 6.45) is 3.88. The minimum Gasteiger partial charge on any atom is -0.508 e. The van der Waals surface area contributed by atoms with E-state index < -0.39 is 0 Å². The molecule has 3 nitrogen and oxygen atoms in total. The van der Waals surface area contributed by atoms with Crippen molar-refractivity contribution >= 4 is 0 Å². The molecule has 1 aromatic carbocycles. The number of phenols is 1. The zero-order valence-corrected chi connectivity index (χ0v) is 13.9. The second-order valence-electron chi connectivity index (χ2n) is 5.69. The summed E-state index contributed by atoms with van der Waals surface area (Å²) < 4.78 is 11.5. The predicted molar refractivity (Wildman–Crippen MR) is 86.9 cm³/mol. The molecule has 0 aliphatic heterocycles. The molecule has 0 aromatic heterocycles. The van der Waals surface area contributed by atoms with E-state index >= 15 is 0 Å². The van der Waals surface area contributed by atoms with Crippen LogP contribution in [0.2, 0.25) is 0 Å². The summed E-state index contributed by atoms with van der Waals surface area (Å²) in [5.41, 5.74) is 2.15. The van der Waals surface area contributed by atoms with Gasteiger partial charge in [0.15, 0.2) is 0 Å². The SMILES string of the molecule is CCCOC(C)Cc1cccc(O)c1CC(C)OCCC. The van der Waals surface area contributed by atoms with E-state index in [0.717, 1.165) is 50.0 Å².